The number of carbonyl (C=O) groups is 1. The molecule has 1 saturated heterocycles. The Morgan fingerprint density at radius 3 is 2.69 bits per heavy atom. The molecule has 0 atom stereocenters. The van der Waals surface area contributed by atoms with Crippen molar-refractivity contribution >= 4 is 65.0 Å². The van der Waals surface area contributed by atoms with Crippen molar-refractivity contribution in [1.82, 2.24) is 15.2 Å². The van der Waals surface area contributed by atoms with Gasteiger partial charge in [-0.1, -0.05) is 18.5 Å². The molecule has 2 aromatic heterocycles. The lowest BCUT2D eigenvalue weighted by Gasteiger charge is -2.34. The van der Waals surface area contributed by atoms with Gasteiger partial charge in [0.2, 0.25) is 5.91 Å². The minimum absolute atomic E-state index is 0. The van der Waals surface area contributed by atoms with Crippen LogP contribution in [0.2, 0.25) is 4.34 Å². The zero-order valence-corrected chi connectivity index (χ0v) is 18.6. The normalized spacial score (nSPS) is 14.4. The van der Waals surface area contributed by atoms with E-state index in [0.717, 1.165) is 58.8 Å². The molecule has 1 aliphatic rings. The molecule has 0 aromatic carbocycles. The lowest BCUT2D eigenvalue weighted by molar-refractivity contribution is -0.133. The number of amides is 1. The largest absolute Gasteiger partial charge is 0.339 e. The second kappa shape index (κ2) is 11.5. The lowest BCUT2D eigenvalue weighted by atomic mass is 10.0. The second-order valence-electron chi connectivity index (χ2n) is 5.99. The molecule has 4 nitrogen and oxygen atoms in total. The van der Waals surface area contributed by atoms with Gasteiger partial charge >= 0.3 is 0 Å². The molecule has 0 saturated carbocycles. The first kappa shape index (κ1) is 23.7. The summed E-state index contributed by atoms with van der Waals surface area (Å²) in [5.74, 6) is 0.199. The highest BCUT2D eigenvalue weighted by atomic mass is 35.5. The molecule has 3 heterocycles. The number of piperidine rings is 1. The molecule has 146 valence electrons. The molecule has 9 heteroatoms. The zero-order valence-electron chi connectivity index (χ0n) is 14.6. The highest BCUT2D eigenvalue weighted by Crippen LogP contribution is 2.33. The van der Waals surface area contributed by atoms with Crippen molar-refractivity contribution < 1.29 is 4.79 Å². The molecule has 1 aliphatic heterocycles. The third-order valence-corrected chi connectivity index (χ3v) is 6.49. The molecule has 0 unspecified atom stereocenters. The Labute approximate surface area is 180 Å². The van der Waals surface area contributed by atoms with Crippen molar-refractivity contribution in [3.8, 4) is 9.88 Å². The van der Waals surface area contributed by atoms with Crippen molar-refractivity contribution in [2.45, 2.75) is 38.6 Å². The minimum atomic E-state index is 0. The molecule has 3 rings (SSSR count). The van der Waals surface area contributed by atoms with Crippen molar-refractivity contribution in [1.29, 1.82) is 0 Å². The summed E-state index contributed by atoms with van der Waals surface area (Å²) in [6.07, 6.45) is 3.47. The van der Waals surface area contributed by atoms with Crippen LogP contribution in [0, 0.1) is 0 Å². The van der Waals surface area contributed by atoms with Crippen LogP contribution in [0.25, 0.3) is 9.88 Å². The number of hydrogen-bond acceptors (Lipinski definition) is 5. The van der Waals surface area contributed by atoms with Gasteiger partial charge in [0.15, 0.2) is 0 Å². The Bertz CT molecular complexity index is 686. The number of nitrogens with one attached hydrogen (secondary N) is 1. The molecule has 26 heavy (non-hydrogen) atoms. The summed E-state index contributed by atoms with van der Waals surface area (Å²) in [6.45, 7) is 4.96. The van der Waals surface area contributed by atoms with Crippen LogP contribution in [0.1, 0.15) is 31.9 Å². The van der Waals surface area contributed by atoms with E-state index in [1.54, 1.807) is 11.3 Å². The Morgan fingerprint density at radius 2 is 2.08 bits per heavy atom. The summed E-state index contributed by atoms with van der Waals surface area (Å²) in [6, 6.07) is 4.23. The summed E-state index contributed by atoms with van der Waals surface area (Å²) in [5, 5.41) is 6.30. The van der Waals surface area contributed by atoms with Gasteiger partial charge in [-0.05, 0) is 44.5 Å². The molecule has 1 N–H and O–H groups in total. The van der Waals surface area contributed by atoms with Crippen LogP contribution in [-0.4, -0.2) is 41.5 Å². The van der Waals surface area contributed by atoms with Gasteiger partial charge in [0.25, 0.3) is 0 Å². The topological polar surface area (TPSA) is 45.2 Å². The van der Waals surface area contributed by atoms with E-state index in [1.807, 2.05) is 17.5 Å². The fraction of sp³-hybridized carbons (Fsp3) is 0.529. The van der Waals surface area contributed by atoms with Crippen molar-refractivity contribution in [2.75, 3.05) is 19.6 Å². The highest BCUT2D eigenvalue weighted by molar-refractivity contribution is 7.23. The van der Waals surface area contributed by atoms with Crippen LogP contribution in [-0.2, 0) is 11.2 Å². The average molecular weight is 457 g/mol. The number of carbonyl (C=O) groups excluding carboxylic acids is 1. The van der Waals surface area contributed by atoms with Crippen LogP contribution in [0.3, 0.4) is 0 Å². The maximum absolute atomic E-state index is 12.8. The van der Waals surface area contributed by atoms with Crippen LogP contribution in [0.5, 0.6) is 0 Å². The van der Waals surface area contributed by atoms with Gasteiger partial charge in [0, 0.05) is 18.0 Å². The van der Waals surface area contributed by atoms with E-state index in [2.05, 4.69) is 22.1 Å². The van der Waals surface area contributed by atoms with Crippen LogP contribution in [0.15, 0.2) is 17.5 Å². The maximum atomic E-state index is 12.8. The van der Waals surface area contributed by atoms with E-state index in [0.29, 0.717) is 12.5 Å². The quantitative estimate of drug-likeness (QED) is 0.672. The molecule has 0 aliphatic carbocycles. The molecule has 0 bridgehead atoms. The first-order chi connectivity index (χ1) is 11.7. The standard InChI is InChI=1S/C17H22ClN3OS2.2ClH/c1-2-9-21(13-5-7-19-8-6-13)16(22)10-12-11-23-17(20-12)14-3-4-15(18)24-14;;/h3-4,11,13,19H,2,5-10H2,1H3;2*1H. The first-order valence-corrected chi connectivity index (χ1v) is 10.4. The van der Waals surface area contributed by atoms with Crippen LogP contribution in [0.4, 0.5) is 0 Å². The van der Waals surface area contributed by atoms with Gasteiger partial charge in [0.05, 0.1) is 21.3 Å². The second-order valence-corrected chi connectivity index (χ2v) is 8.57. The molecule has 1 amide bonds. The number of thiazole rings is 1. The molecule has 0 spiro atoms. The van der Waals surface area contributed by atoms with Gasteiger partial charge in [-0.25, -0.2) is 4.98 Å². The fourth-order valence-corrected chi connectivity index (χ4v) is 4.99. The number of hydrogen-bond donors (Lipinski definition) is 1. The van der Waals surface area contributed by atoms with E-state index < -0.39 is 0 Å². The molecular weight excluding hydrogens is 433 g/mol. The van der Waals surface area contributed by atoms with Crippen LogP contribution < -0.4 is 5.32 Å². The first-order valence-electron chi connectivity index (χ1n) is 8.37. The van der Waals surface area contributed by atoms with E-state index >= 15 is 0 Å². The van der Waals surface area contributed by atoms with Crippen molar-refractivity contribution in [2.24, 2.45) is 0 Å². The highest BCUT2D eigenvalue weighted by Gasteiger charge is 2.25. The van der Waals surface area contributed by atoms with Gasteiger partial charge in [-0.2, -0.15) is 0 Å². The molecule has 2 aromatic rings. The van der Waals surface area contributed by atoms with Gasteiger partial charge in [0.1, 0.15) is 5.01 Å². The van der Waals surface area contributed by atoms with Crippen molar-refractivity contribution in [3.63, 3.8) is 0 Å². The fourth-order valence-electron chi connectivity index (χ4n) is 3.06. The lowest BCUT2D eigenvalue weighted by Crippen LogP contribution is -2.47. The minimum Gasteiger partial charge on any atom is -0.339 e. The summed E-state index contributed by atoms with van der Waals surface area (Å²) in [7, 11) is 0. The van der Waals surface area contributed by atoms with Gasteiger partial charge in [-0.15, -0.1) is 47.5 Å². The predicted octanol–water partition coefficient (Wildman–Crippen LogP) is 4.90. The Hall–Kier alpha value is -0.370. The SMILES string of the molecule is CCCN(C(=O)Cc1csc(-c2ccc(Cl)s2)n1)C1CCNCC1.Cl.Cl. The van der Waals surface area contributed by atoms with Crippen LogP contribution >= 0.6 is 59.1 Å². The number of halogens is 3. The number of aromatic nitrogens is 1. The third kappa shape index (κ3) is 6.08. The van der Waals surface area contributed by atoms with E-state index in [4.69, 9.17) is 11.6 Å². The van der Waals surface area contributed by atoms with E-state index in [1.165, 1.54) is 11.3 Å². The molecule has 1 fully saturated rings. The van der Waals surface area contributed by atoms with Gasteiger partial charge in [-0.3, -0.25) is 4.79 Å². The smallest absolute Gasteiger partial charge is 0.228 e. The number of thiophene rings is 1. The zero-order chi connectivity index (χ0) is 16.9. The summed E-state index contributed by atoms with van der Waals surface area (Å²) in [5.41, 5.74) is 0.861. The summed E-state index contributed by atoms with van der Waals surface area (Å²) < 4.78 is 0.762. The van der Waals surface area contributed by atoms with E-state index in [9.17, 15) is 4.79 Å². The third-order valence-electron chi connectivity index (χ3n) is 4.20. The Kier molecular flexibility index (Phi) is 10.4. The van der Waals surface area contributed by atoms with Gasteiger partial charge < -0.3 is 10.2 Å². The van der Waals surface area contributed by atoms with Crippen molar-refractivity contribution in [3.05, 3.63) is 27.5 Å². The molecule has 0 radical (unpaired) electrons. The monoisotopic (exact) mass is 455 g/mol. The average Bonchev–Trinajstić information content (AvgIpc) is 3.22. The summed E-state index contributed by atoms with van der Waals surface area (Å²) in [4.78, 5) is 20.6. The maximum Gasteiger partial charge on any atom is 0.228 e. The summed E-state index contributed by atoms with van der Waals surface area (Å²) >= 11 is 9.09. The Morgan fingerprint density at radius 1 is 1.35 bits per heavy atom. The predicted molar refractivity (Wildman–Crippen MR) is 117 cm³/mol. The van der Waals surface area contributed by atoms with E-state index in [-0.39, 0.29) is 30.7 Å². The molecular formula is C17H24Cl3N3OS2. The number of nitrogens with zero attached hydrogens (tertiary/aromatic N) is 2. The Balaban J connectivity index is 0.00000169. The number of rotatable bonds is 6.